The fourth-order valence-corrected chi connectivity index (χ4v) is 0.899. The molecule has 84 valence electrons. The van der Waals surface area contributed by atoms with Gasteiger partial charge in [-0.25, -0.2) is 4.79 Å². The molecule has 0 heterocycles. The first-order valence-corrected chi connectivity index (χ1v) is 4.85. The van der Waals surface area contributed by atoms with Crippen molar-refractivity contribution in [1.82, 2.24) is 4.90 Å². The molecule has 0 aromatic carbocycles. The van der Waals surface area contributed by atoms with Gasteiger partial charge in [0.1, 0.15) is 0 Å². The molecule has 0 atom stereocenters. The molecule has 4 nitrogen and oxygen atoms in total. The average molecular weight is 211 g/mol. The summed E-state index contributed by atoms with van der Waals surface area (Å²) in [7, 11) is 0. The van der Waals surface area contributed by atoms with Gasteiger partial charge in [-0.3, -0.25) is 4.89 Å². The molecule has 0 aromatic rings. The van der Waals surface area contributed by atoms with Crippen molar-refractivity contribution in [2.24, 2.45) is 0 Å². The lowest BCUT2D eigenvalue weighted by Crippen LogP contribution is -2.14. The van der Waals surface area contributed by atoms with Crippen molar-refractivity contribution < 1.29 is 14.9 Å². The molecule has 0 saturated heterocycles. The van der Waals surface area contributed by atoms with E-state index < -0.39 is 5.97 Å². The van der Waals surface area contributed by atoms with Crippen LogP contribution in [0.15, 0.2) is 36.6 Å². The lowest BCUT2D eigenvalue weighted by atomic mass is 10.4. The van der Waals surface area contributed by atoms with Crippen molar-refractivity contribution >= 4 is 5.97 Å². The molecule has 0 radical (unpaired) electrons. The Balaban J connectivity index is 3.88. The monoisotopic (exact) mass is 211 g/mol. The molecule has 0 spiro atoms. The van der Waals surface area contributed by atoms with Gasteiger partial charge in [-0.05, 0) is 26.1 Å². The van der Waals surface area contributed by atoms with E-state index in [4.69, 9.17) is 5.26 Å². The van der Waals surface area contributed by atoms with Crippen molar-refractivity contribution in [1.29, 1.82) is 0 Å². The third kappa shape index (κ3) is 7.52. The third-order valence-electron chi connectivity index (χ3n) is 1.76. The van der Waals surface area contributed by atoms with E-state index in [9.17, 15) is 4.79 Å². The summed E-state index contributed by atoms with van der Waals surface area (Å²) in [6.45, 7) is 6.09. The summed E-state index contributed by atoms with van der Waals surface area (Å²) in [5.74, 6) is -0.785. The van der Waals surface area contributed by atoms with Crippen LogP contribution in [0, 0.1) is 0 Å². The number of allylic oxidation sites excluding steroid dienone is 4. The number of hydrogen-bond donors (Lipinski definition) is 1. The van der Waals surface area contributed by atoms with Gasteiger partial charge in [0.25, 0.3) is 0 Å². The Labute approximate surface area is 90.1 Å². The standard InChI is InChI=1S/C11H17NO3/c1-3-12(4-2)10-8-6-5-7-9-11(13)15-14/h5-10,14H,3-4H2,1-2H3/b6-5-,9-7+,10-8+. The summed E-state index contributed by atoms with van der Waals surface area (Å²) >= 11 is 0. The van der Waals surface area contributed by atoms with E-state index in [-0.39, 0.29) is 0 Å². The van der Waals surface area contributed by atoms with Crippen LogP contribution in [-0.4, -0.2) is 29.2 Å². The SMILES string of the molecule is CCN(/C=C/C=C\C=C\C(=O)OO)CC. The van der Waals surface area contributed by atoms with Crippen LogP contribution < -0.4 is 0 Å². The van der Waals surface area contributed by atoms with E-state index in [1.54, 1.807) is 12.2 Å². The number of carbonyl (C=O) groups is 1. The second-order valence-corrected chi connectivity index (χ2v) is 2.72. The minimum atomic E-state index is -0.785. The first-order chi connectivity index (χ1) is 7.24. The molecule has 0 unspecified atom stereocenters. The van der Waals surface area contributed by atoms with Gasteiger partial charge in [0.2, 0.25) is 0 Å². The second kappa shape index (κ2) is 9.02. The Morgan fingerprint density at radius 1 is 1.20 bits per heavy atom. The summed E-state index contributed by atoms with van der Waals surface area (Å²) in [4.78, 5) is 16.0. The van der Waals surface area contributed by atoms with E-state index in [1.807, 2.05) is 12.3 Å². The fourth-order valence-electron chi connectivity index (χ4n) is 0.899. The summed E-state index contributed by atoms with van der Waals surface area (Å²) < 4.78 is 0. The summed E-state index contributed by atoms with van der Waals surface area (Å²) in [5.41, 5.74) is 0. The Morgan fingerprint density at radius 3 is 2.33 bits per heavy atom. The molecule has 0 aliphatic carbocycles. The molecule has 0 aliphatic heterocycles. The first-order valence-electron chi connectivity index (χ1n) is 4.85. The Morgan fingerprint density at radius 2 is 1.80 bits per heavy atom. The molecule has 0 saturated carbocycles. The maximum atomic E-state index is 10.4. The van der Waals surface area contributed by atoms with Crippen LogP contribution in [0.5, 0.6) is 0 Å². The highest BCUT2D eigenvalue weighted by Gasteiger charge is 1.89. The maximum absolute atomic E-state index is 10.4. The predicted octanol–water partition coefficient (Wildman–Crippen LogP) is 1.97. The zero-order chi connectivity index (χ0) is 11.5. The molecule has 1 N–H and O–H groups in total. The van der Waals surface area contributed by atoms with Gasteiger partial charge in [0, 0.05) is 19.2 Å². The van der Waals surface area contributed by atoms with E-state index in [0.29, 0.717) is 0 Å². The highest BCUT2D eigenvalue weighted by atomic mass is 17.1. The average Bonchev–Trinajstić information content (AvgIpc) is 2.28. The van der Waals surface area contributed by atoms with Crippen LogP contribution in [0.1, 0.15) is 13.8 Å². The van der Waals surface area contributed by atoms with Crippen LogP contribution >= 0.6 is 0 Å². The summed E-state index contributed by atoms with van der Waals surface area (Å²) in [6, 6.07) is 0. The lowest BCUT2D eigenvalue weighted by Gasteiger charge is -2.13. The molecule has 0 fully saturated rings. The molecule has 0 bridgehead atoms. The van der Waals surface area contributed by atoms with E-state index in [1.165, 1.54) is 6.08 Å². The largest absolute Gasteiger partial charge is 0.378 e. The second-order valence-electron chi connectivity index (χ2n) is 2.72. The van der Waals surface area contributed by atoms with Crippen LogP contribution in [-0.2, 0) is 9.68 Å². The van der Waals surface area contributed by atoms with Crippen molar-refractivity contribution in [3.05, 3.63) is 36.6 Å². The molecule has 0 aliphatic rings. The lowest BCUT2D eigenvalue weighted by molar-refractivity contribution is -0.228. The normalized spacial score (nSPS) is 11.7. The van der Waals surface area contributed by atoms with Crippen molar-refractivity contribution in [2.75, 3.05) is 13.1 Å². The molecule has 4 heteroatoms. The van der Waals surface area contributed by atoms with E-state index >= 15 is 0 Å². The summed E-state index contributed by atoms with van der Waals surface area (Å²) in [5, 5.41) is 7.93. The Bertz CT molecular complexity index is 253. The fraction of sp³-hybridized carbons (Fsp3) is 0.364. The minimum Gasteiger partial charge on any atom is -0.378 e. The number of carbonyl (C=O) groups excluding carboxylic acids is 1. The molecular formula is C11H17NO3. The zero-order valence-electron chi connectivity index (χ0n) is 9.09. The first kappa shape index (κ1) is 13.4. The smallest absolute Gasteiger partial charge is 0.365 e. The van der Waals surface area contributed by atoms with Gasteiger partial charge < -0.3 is 4.90 Å². The zero-order valence-corrected chi connectivity index (χ0v) is 9.09. The molecular weight excluding hydrogens is 194 g/mol. The Hall–Kier alpha value is -1.55. The van der Waals surface area contributed by atoms with Gasteiger partial charge in [-0.1, -0.05) is 18.2 Å². The van der Waals surface area contributed by atoms with Gasteiger partial charge in [0.15, 0.2) is 0 Å². The van der Waals surface area contributed by atoms with Crippen molar-refractivity contribution in [3.8, 4) is 0 Å². The minimum absolute atomic E-state index is 0.785. The highest BCUT2D eigenvalue weighted by Crippen LogP contribution is 1.89. The van der Waals surface area contributed by atoms with Gasteiger partial charge >= 0.3 is 5.97 Å². The number of hydrogen-bond acceptors (Lipinski definition) is 4. The van der Waals surface area contributed by atoms with Crippen molar-refractivity contribution in [3.63, 3.8) is 0 Å². The molecule has 0 amide bonds. The number of rotatable bonds is 6. The molecule has 15 heavy (non-hydrogen) atoms. The van der Waals surface area contributed by atoms with Gasteiger partial charge in [-0.2, -0.15) is 5.26 Å². The number of nitrogens with zero attached hydrogens (tertiary/aromatic N) is 1. The van der Waals surface area contributed by atoms with E-state index in [0.717, 1.165) is 19.2 Å². The molecule has 0 rings (SSSR count). The van der Waals surface area contributed by atoms with Gasteiger partial charge in [0.05, 0.1) is 0 Å². The van der Waals surface area contributed by atoms with Crippen LogP contribution in [0.4, 0.5) is 0 Å². The molecule has 0 aromatic heterocycles. The topological polar surface area (TPSA) is 49.8 Å². The maximum Gasteiger partial charge on any atom is 0.365 e. The third-order valence-corrected chi connectivity index (χ3v) is 1.76. The van der Waals surface area contributed by atoms with Crippen molar-refractivity contribution in [2.45, 2.75) is 13.8 Å². The van der Waals surface area contributed by atoms with Crippen LogP contribution in [0.3, 0.4) is 0 Å². The van der Waals surface area contributed by atoms with E-state index in [2.05, 4.69) is 23.6 Å². The predicted molar refractivity (Wildman–Crippen MR) is 59.1 cm³/mol. The van der Waals surface area contributed by atoms with Gasteiger partial charge in [-0.15, -0.1) is 0 Å². The highest BCUT2D eigenvalue weighted by molar-refractivity contribution is 5.81. The van der Waals surface area contributed by atoms with Crippen LogP contribution in [0.2, 0.25) is 0 Å². The summed E-state index contributed by atoms with van der Waals surface area (Å²) in [6.07, 6.45) is 9.93. The van der Waals surface area contributed by atoms with Crippen LogP contribution in [0.25, 0.3) is 0 Å². The Kier molecular flexibility index (Phi) is 8.09. The quantitative estimate of drug-likeness (QED) is 0.316.